The van der Waals surface area contributed by atoms with Crippen molar-refractivity contribution in [3.05, 3.63) is 124 Å². The third kappa shape index (κ3) is 8.89. The molecule has 0 bridgehead atoms. The molecule has 0 radical (unpaired) electrons. The zero-order chi connectivity index (χ0) is 36.0. The van der Waals surface area contributed by atoms with Gasteiger partial charge in [-0.15, -0.1) is 11.3 Å². The van der Waals surface area contributed by atoms with Crippen molar-refractivity contribution in [2.75, 3.05) is 43.2 Å². The first-order valence-electron chi connectivity index (χ1n) is 16.6. The molecule has 10 nitrogen and oxygen atoms in total. The summed E-state index contributed by atoms with van der Waals surface area (Å²) in [6.07, 6.45) is 0.901. The SMILES string of the molecule is Cc1ccc(S(=O)(=O)OCCOCCOc2cccc(CC(=O)Nc3nc(-c4ccc5c(c4)CCN5C(=O)c4ccccc4C)c(C)s3)c2)cc1. The van der Waals surface area contributed by atoms with Crippen molar-refractivity contribution in [2.24, 2.45) is 0 Å². The van der Waals surface area contributed by atoms with E-state index in [9.17, 15) is 18.0 Å². The Balaban J connectivity index is 0.966. The lowest BCUT2D eigenvalue weighted by Gasteiger charge is -2.18. The monoisotopic (exact) mass is 725 g/mol. The Hall–Kier alpha value is -4.88. The quantitative estimate of drug-likeness (QED) is 0.0967. The number of benzene rings is 4. The number of hydrogen-bond acceptors (Lipinski definition) is 9. The number of carbonyl (C=O) groups is 2. The molecule has 1 aromatic heterocycles. The number of anilines is 2. The molecular weight excluding hydrogens is 687 g/mol. The van der Waals surface area contributed by atoms with Gasteiger partial charge in [0.1, 0.15) is 12.4 Å². The van der Waals surface area contributed by atoms with E-state index < -0.39 is 10.1 Å². The molecule has 0 spiro atoms. The summed E-state index contributed by atoms with van der Waals surface area (Å²) in [6.45, 7) is 6.90. The van der Waals surface area contributed by atoms with Crippen molar-refractivity contribution in [3.8, 4) is 17.0 Å². The summed E-state index contributed by atoms with van der Waals surface area (Å²) in [6, 6.07) is 27.4. The number of carbonyl (C=O) groups excluding carboxylic acids is 2. The molecule has 0 unspecified atom stereocenters. The molecule has 1 aliphatic rings. The fourth-order valence-corrected chi connectivity index (χ4v) is 7.57. The zero-order valence-electron chi connectivity index (χ0n) is 28.7. The number of thiazole rings is 1. The molecule has 5 aromatic rings. The first-order chi connectivity index (χ1) is 24.6. The van der Waals surface area contributed by atoms with Crippen molar-refractivity contribution >= 4 is 44.1 Å². The highest BCUT2D eigenvalue weighted by Crippen LogP contribution is 2.36. The summed E-state index contributed by atoms with van der Waals surface area (Å²) in [5.74, 6) is 0.397. The average Bonchev–Trinajstić information content (AvgIpc) is 3.70. The van der Waals surface area contributed by atoms with Crippen LogP contribution < -0.4 is 15.0 Å². The maximum Gasteiger partial charge on any atom is 0.297 e. The van der Waals surface area contributed by atoms with E-state index in [2.05, 4.69) is 11.4 Å². The first-order valence-corrected chi connectivity index (χ1v) is 18.8. The fourth-order valence-electron chi connectivity index (χ4n) is 5.83. The molecule has 6 rings (SSSR count). The van der Waals surface area contributed by atoms with E-state index in [1.165, 1.54) is 23.5 Å². The van der Waals surface area contributed by atoms with Crippen LogP contribution in [0.25, 0.3) is 11.3 Å². The van der Waals surface area contributed by atoms with Gasteiger partial charge in [-0.1, -0.05) is 54.1 Å². The standard InChI is InChI=1S/C39H39N3O7S2/c1-26-11-14-33(15-12-26)51(45,46)49-22-20-47-19-21-48-32-9-6-8-29(23-32)24-36(43)40-39-41-37(28(3)50-39)31-13-16-35-30(25-31)17-18-42(35)38(44)34-10-5-4-7-27(34)2/h4-16,23,25H,17-22,24H2,1-3H3,(H,40,41,43). The number of nitrogens with zero attached hydrogens (tertiary/aromatic N) is 2. The molecule has 264 valence electrons. The minimum atomic E-state index is -3.83. The van der Waals surface area contributed by atoms with Crippen molar-refractivity contribution in [1.29, 1.82) is 0 Å². The van der Waals surface area contributed by atoms with E-state index in [0.717, 1.165) is 50.5 Å². The first kappa shape index (κ1) is 35.9. The highest BCUT2D eigenvalue weighted by molar-refractivity contribution is 7.86. The Labute approximate surface area is 302 Å². The summed E-state index contributed by atoms with van der Waals surface area (Å²) in [4.78, 5) is 34.0. The molecule has 12 heteroatoms. The molecule has 2 heterocycles. The fraction of sp³-hybridized carbons (Fsp3) is 0.256. The van der Waals surface area contributed by atoms with Gasteiger partial charge in [0.25, 0.3) is 16.0 Å². The number of aryl methyl sites for hydroxylation is 3. The third-order valence-corrected chi connectivity index (χ3v) is 10.7. The third-order valence-electron chi connectivity index (χ3n) is 8.45. The number of nitrogens with one attached hydrogen (secondary N) is 1. The van der Waals surface area contributed by atoms with E-state index >= 15 is 0 Å². The second kappa shape index (κ2) is 16.0. The number of ether oxygens (including phenoxy) is 2. The average molecular weight is 726 g/mol. The highest BCUT2D eigenvalue weighted by atomic mass is 32.2. The predicted octanol–water partition coefficient (Wildman–Crippen LogP) is 6.92. The zero-order valence-corrected chi connectivity index (χ0v) is 30.3. The summed E-state index contributed by atoms with van der Waals surface area (Å²) >= 11 is 1.42. The van der Waals surface area contributed by atoms with E-state index in [0.29, 0.717) is 23.0 Å². The van der Waals surface area contributed by atoms with E-state index in [-0.39, 0.29) is 49.6 Å². The molecule has 1 aliphatic heterocycles. The summed E-state index contributed by atoms with van der Waals surface area (Å²) in [5.41, 5.74) is 7.17. The van der Waals surface area contributed by atoms with Crippen molar-refractivity contribution in [1.82, 2.24) is 4.98 Å². The Morgan fingerprint density at radius 2 is 1.67 bits per heavy atom. The van der Waals surface area contributed by atoms with Gasteiger partial charge in [-0.25, -0.2) is 4.98 Å². The second-order valence-electron chi connectivity index (χ2n) is 12.2. The Bertz CT molecular complexity index is 2150. The van der Waals surface area contributed by atoms with Gasteiger partial charge in [-0.05, 0) is 86.3 Å². The summed E-state index contributed by atoms with van der Waals surface area (Å²) in [5, 5.41) is 3.45. The lowest BCUT2D eigenvalue weighted by molar-refractivity contribution is -0.115. The van der Waals surface area contributed by atoms with E-state index in [4.69, 9.17) is 18.6 Å². The molecule has 0 aliphatic carbocycles. The minimum Gasteiger partial charge on any atom is -0.491 e. The number of fused-ring (bicyclic) bond motifs is 1. The van der Waals surface area contributed by atoms with Crippen LogP contribution in [0.1, 0.15) is 37.5 Å². The second-order valence-corrected chi connectivity index (χ2v) is 15.0. The molecule has 2 amide bonds. The number of aromatic nitrogens is 1. The van der Waals surface area contributed by atoms with Gasteiger partial charge in [-0.3, -0.25) is 13.8 Å². The number of hydrogen-bond donors (Lipinski definition) is 1. The topological polar surface area (TPSA) is 124 Å². The molecular formula is C39H39N3O7S2. The predicted molar refractivity (Wildman–Crippen MR) is 198 cm³/mol. The van der Waals surface area contributed by atoms with Crippen LogP contribution in [0.3, 0.4) is 0 Å². The van der Waals surface area contributed by atoms with Crippen LogP contribution in [0.2, 0.25) is 0 Å². The van der Waals surface area contributed by atoms with Crippen LogP contribution in [-0.4, -0.2) is 58.2 Å². The molecule has 51 heavy (non-hydrogen) atoms. The smallest absolute Gasteiger partial charge is 0.297 e. The van der Waals surface area contributed by atoms with E-state index in [1.54, 1.807) is 24.3 Å². The van der Waals surface area contributed by atoms with Crippen LogP contribution in [0, 0.1) is 20.8 Å². The summed E-state index contributed by atoms with van der Waals surface area (Å²) < 4.78 is 40.8. The van der Waals surface area contributed by atoms with Gasteiger partial charge in [0.15, 0.2) is 5.13 Å². The molecule has 0 atom stereocenters. The van der Waals surface area contributed by atoms with Crippen LogP contribution in [0.15, 0.2) is 95.9 Å². The molecule has 0 saturated heterocycles. The van der Waals surface area contributed by atoms with Crippen LogP contribution in [0.5, 0.6) is 5.75 Å². The molecule has 0 saturated carbocycles. The van der Waals surface area contributed by atoms with Crippen molar-refractivity contribution < 1.29 is 31.7 Å². The van der Waals surface area contributed by atoms with Gasteiger partial charge < -0.3 is 19.7 Å². The van der Waals surface area contributed by atoms with Gasteiger partial charge >= 0.3 is 0 Å². The highest BCUT2D eigenvalue weighted by Gasteiger charge is 2.27. The molecule has 1 N–H and O–H groups in total. The van der Waals surface area contributed by atoms with Gasteiger partial charge in [-0.2, -0.15) is 8.42 Å². The van der Waals surface area contributed by atoms with Gasteiger partial charge in [0, 0.05) is 28.2 Å². The van der Waals surface area contributed by atoms with Crippen LogP contribution >= 0.6 is 11.3 Å². The lowest BCUT2D eigenvalue weighted by Crippen LogP contribution is -2.29. The minimum absolute atomic E-state index is 0.00744. The van der Waals surface area contributed by atoms with Gasteiger partial charge in [0.2, 0.25) is 5.91 Å². The lowest BCUT2D eigenvalue weighted by atomic mass is 10.0. The van der Waals surface area contributed by atoms with Gasteiger partial charge in [0.05, 0.1) is 36.8 Å². The Morgan fingerprint density at radius 1 is 0.882 bits per heavy atom. The number of amides is 2. The summed E-state index contributed by atoms with van der Waals surface area (Å²) in [7, 11) is -3.83. The largest absolute Gasteiger partial charge is 0.491 e. The Kier molecular flexibility index (Phi) is 11.3. The normalized spacial score (nSPS) is 12.5. The maximum absolute atomic E-state index is 13.3. The number of rotatable bonds is 14. The van der Waals surface area contributed by atoms with Crippen molar-refractivity contribution in [3.63, 3.8) is 0 Å². The van der Waals surface area contributed by atoms with Crippen LogP contribution in [-0.2, 0) is 36.7 Å². The molecule has 0 fully saturated rings. The van der Waals surface area contributed by atoms with E-state index in [1.807, 2.05) is 74.2 Å². The Morgan fingerprint density at radius 3 is 2.47 bits per heavy atom. The molecule has 4 aromatic carbocycles. The van der Waals surface area contributed by atoms with Crippen LogP contribution in [0.4, 0.5) is 10.8 Å². The maximum atomic E-state index is 13.3. The van der Waals surface area contributed by atoms with Crippen molar-refractivity contribution in [2.45, 2.75) is 38.5 Å².